The van der Waals surface area contributed by atoms with E-state index < -0.39 is 16.1 Å². The number of carbonyl (C=O) groups excluding carboxylic acids is 1. The lowest BCUT2D eigenvalue weighted by Crippen LogP contribution is -2.30. The number of rotatable bonds is 11. The monoisotopic (exact) mass is 485 g/mol. The molecular weight excluding hydrogens is 458 g/mol. The second-order valence-corrected chi connectivity index (χ2v) is 9.99. The van der Waals surface area contributed by atoms with Crippen LogP contribution in [-0.2, 0) is 32.4 Å². The van der Waals surface area contributed by atoms with Crippen LogP contribution >= 0.6 is 11.6 Å². The van der Waals surface area contributed by atoms with E-state index in [1.165, 1.54) is 19.2 Å². The van der Waals surface area contributed by atoms with Gasteiger partial charge in [0.1, 0.15) is 0 Å². The Labute approximate surface area is 200 Å². The second kappa shape index (κ2) is 12.0. The lowest BCUT2D eigenvalue weighted by atomic mass is 9.97. The van der Waals surface area contributed by atoms with E-state index >= 15 is 0 Å². The van der Waals surface area contributed by atoms with Crippen molar-refractivity contribution in [2.24, 2.45) is 0 Å². The number of methoxy groups -OCH3 is 1. The Morgan fingerprint density at radius 1 is 0.909 bits per heavy atom. The molecule has 0 amide bonds. The Morgan fingerprint density at radius 2 is 1.58 bits per heavy atom. The van der Waals surface area contributed by atoms with Gasteiger partial charge in [-0.15, -0.1) is 0 Å². The number of hydrogen-bond acceptors (Lipinski definition) is 4. The van der Waals surface area contributed by atoms with Gasteiger partial charge in [0.05, 0.1) is 18.0 Å². The van der Waals surface area contributed by atoms with Gasteiger partial charge in [0.15, 0.2) is 0 Å². The van der Waals surface area contributed by atoms with Gasteiger partial charge in [0.2, 0.25) is 10.0 Å². The molecule has 3 rings (SSSR count). The largest absolute Gasteiger partial charge is 0.469 e. The Kier molecular flexibility index (Phi) is 9.06. The minimum absolute atomic E-state index is 0.173. The third-order valence-corrected chi connectivity index (χ3v) is 7.15. The molecule has 0 radical (unpaired) electrons. The van der Waals surface area contributed by atoms with Crippen molar-refractivity contribution in [3.63, 3.8) is 0 Å². The molecule has 0 aromatic heterocycles. The fourth-order valence-corrected chi connectivity index (χ4v) is 4.91. The van der Waals surface area contributed by atoms with Crippen molar-refractivity contribution in [2.45, 2.75) is 43.0 Å². The van der Waals surface area contributed by atoms with Crippen LogP contribution in [0.2, 0.25) is 5.02 Å². The third kappa shape index (κ3) is 7.70. The number of carbonyl (C=O) groups is 1. The molecule has 0 fully saturated rings. The molecule has 0 aliphatic carbocycles. The number of benzene rings is 3. The zero-order valence-corrected chi connectivity index (χ0v) is 20.1. The lowest BCUT2D eigenvalue weighted by molar-refractivity contribution is -0.140. The molecule has 1 atom stereocenters. The van der Waals surface area contributed by atoms with Crippen LogP contribution in [0, 0.1) is 0 Å². The topological polar surface area (TPSA) is 72.5 Å². The summed E-state index contributed by atoms with van der Waals surface area (Å²) in [4.78, 5) is 11.4. The van der Waals surface area contributed by atoms with Crippen LogP contribution < -0.4 is 4.72 Å². The molecule has 0 spiro atoms. The molecule has 0 saturated heterocycles. The minimum atomic E-state index is -3.74. The quantitative estimate of drug-likeness (QED) is 0.288. The van der Waals surface area contributed by atoms with Gasteiger partial charge in [-0.25, -0.2) is 13.1 Å². The Bertz CT molecular complexity index is 1130. The van der Waals surface area contributed by atoms with Crippen LogP contribution in [0.4, 0.5) is 0 Å². The van der Waals surface area contributed by atoms with Crippen molar-refractivity contribution >= 4 is 27.6 Å². The number of unbranched alkanes of at least 4 members (excludes halogenated alkanes) is 1. The zero-order valence-electron chi connectivity index (χ0n) is 18.5. The standard InChI is InChI=1S/C26H28ClNO4S/c1-32-26(29)10-6-5-7-20-11-13-22(14-12-20)25(19-21-8-3-2-4-9-21)28-33(30,31)24-17-15-23(27)16-18-24/h2-4,8-9,11-18,25,28H,5-7,10,19H2,1H3. The normalized spacial score (nSPS) is 12.3. The summed E-state index contributed by atoms with van der Waals surface area (Å²) in [6.07, 6.45) is 3.43. The minimum Gasteiger partial charge on any atom is -0.469 e. The van der Waals surface area contributed by atoms with E-state index in [9.17, 15) is 13.2 Å². The highest BCUT2D eigenvalue weighted by molar-refractivity contribution is 7.89. The first-order valence-electron chi connectivity index (χ1n) is 10.8. The second-order valence-electron chi connectivity index (χ2n) is 7.84. The van der Waals surface area contributed by atoms with Gasteiger partial charge in [-0.05, 0) is 66.6 Å². The first kappa shape index (κ1) is 25.0. The summed E-state index contributed by atoms with van der Waals surface area (Å²) in [5, 5.41) is 0.483. The number of sulfonamides is 1. The van der Waals surface area contributed by atoms with Crippen molar-refractivity contribution in [1.82, 2.24) is 4.72 Å². The molecule has 3 aromatic rings. The molecule has 5 nitrogen and oxygen atoms in total. The van der Waals surface area contributed by atoms with E-state index in [-0.39, 0.29) is 10.9 Å². The lowest BCUT2D eigenvalue weighted by Gasteiger charge is -2.20. The van der Waals surface area contributed by atoms with Crippen LogP contribution in [0.25, 0.3) is 0 Å². The van der Waals surface area contributed by atoms with E-state index in [0.29, 0.717) is 17.9 Å². The van der Waals surface area contributed by atoms with Crippen LogP contribution in [0.3, 0.4) is 0 Å². The Balaban J connectivity index is 1.75. The summed E-state index contributed by atoms with van der Waals surface area (Å²) in [5.41, 5.74) is 3.06. The number of nitrogens with one attached hydrogen (secondary N) is 1. The Hall–Kier alpha value is -2.67. The van der Waals surface area contributed by atoms with Gasteiger partial charge >= 0.3 is 5.97 Å². The molecule has 174 valence electrons. The van der Waals surface area contributed by atoms with E-state index in [1.54, 1.807) is 12.1 Å². The molecule has 0 saturated carbocycles. The predicted octanol–water partition coefficient (Wildman–Crippen LogP) is 5.49. The van der Waals surface area contributed by atoms with Crippen molar-refractivity contribution in [2.75, 3.05) is 7.11 Å². The van der Waals surface area contributed by atoms with Crippen LogP contribution in [-0.4, -0.2) is 21.5 Å². The van der Waals surface area contributed by atoms with Crippen molar-refractivity contribution in [1.29, 1.82) is 0 Å². The average molecular weight is 486 g/mol. The summed E-state index contributed by atoms with van der Waals surface area (Å²) in [6, 6.07) is 23.5. The summed E-state index contributed by atoms with van der Waals surface area (Å²) in [7, 11) is -2.34. The summed E-state index contributed by atoms with van der Waals surface area (Å²) in [5.74, 6) is -0.193. The van der Waals surface area contributed by atoms with E-state index in [4.69, 9.17) is 11.6 Å². The van der Waals surface area contributed by atoms with Gasteiger partial charge in [-0.1, -0.05) is 66.2 Å². The van der Waals surface area contributed by atoms with Crippen molar-refractivity contribution in [3.05, 3.63) is 101 Å². The van der Waals surface area contributed by atoms with Crippen molar-refractivity contribution < 1.29 is 17.9 Å². The fraction of sp³-hybridized carbons (Fsp3) is 0.269. The summed E-state index contributed by atoms with van der Waals surface area (Å²) < 4.78 is 33.6. The van der Waals surface area contributed by atoms with E-state index in [1.807, 2.05) is 54.6 Å². The summed E-state index contributed by atoms with van der Waals surface area (Å²) >= 11 is 5.92. The highest BCUT2D eigenvalue weighted by Gasteiger charge is 2.22. The zero-order chi connectivity index (χ0) is 23.7. The van der Waals surface area contributed by atoms with Gasteiger partial charge in [-0.3, -0.25) is 4.79 Å². The smallest absolute Gasteiger partial charge is 0.305 e. The number of halogens is 1. The first-order chi connectivity index (χ1) is 15.9. The molecular formula is C26H28ClNO4S. The van der Waals surface area contributed by atoms with Gasteiger partial charge in [0.25, 0.3) is 0 Å². The maximum absolute atomic E-state index is 13.0. The third-order valence-electron chi connectivity index (χ3n) is 5.41. The number of hydrogen-bond donors (Lipinski definition) is 1. The van der Waals surface area contributed by atoms with Crippen molar-refractivity contribution in [3.8, 4) is 0 Å². The highest BCUT2D eigenvalue weighted by atomic mass is 35.5. The molecule has 1 N–H and O–H groups in total. The van der Waals surface area contributed by atoms with Crippen LogP contribution in [0.5, 0.6) is 0 Å². The fourth-order valence-electron chi connectivity index (χ4n) is 3.56. The highest BCUT2D eigenvalue weighted by Crippen LogP contribution is 2.23. The van der Waals surface area contributed by atoms with E-state index in [0.717, 1.165) is 36.0 Å². The van der Waals surface area contributed by atoms with Gasteiger partial charge in [-0.2, -0.15) is 0 Å². The Morgan fingerprint density at radius 3 is 2.21 bits per heavy atom. The molecule has 0 bridgehead atoms. The predicted molar refractivity (Wildman–Crippen MR) is 131 cm³/mol. The molecule has 7 heteroatoms. The SMILES string of the molecule is COC(=O)CCCCc1ccc(C(Cc2ccccc2)NS(=O)(=O)c2ccc(Cl)cc2)cc1. The average Bonchev–Trinajstić information content (AvgIpc) is 2.82. The van der Waals surface area contributed by atoms with E-state index in [2.05, 4.69) is 9.46 Å². The van der Waals surface area contributed by atoms with Crippen LogP contribution in [0.1, 0.15) is 42.0 Å². The molecule has 33 heavy (non-hydrogen) atoms. The number of esters is 1. The van der Waals surface area contributed by atoms with Gasteiger partial charge in [0, 0.05) is 11.4 Å². The maximum Gasteiger partial charge on any atom is 0.305 e. The summed E-state index contributed by atoms with van der Waals surface area (Å²) in [6.45, 7) is 0. The molecule has 1 unspecified atom stereocenters. The van der Waals surface area contributed by atoms with Crippen LogP contribution in [0.15, 0.2) is 83.8 Å². The molecule has 0 aliphatic rings. The number of ether oxygens (including phenoxy) is 1. The van der Waals surface area contributed by atoms with Gasteiger partial charge < -0.3 is 4.74 Å². The molecule has 3 aromatic carbocycles. The molecule has 0 aliphatic heterocycles. The molecule has 0 heterocycles. The maximum atomic E-state index is 13.0. The first-order valence-corrected chi connectivity index (χ1v) is 12.7. The number of aryl methyl sites for hydroxylation is 1.